The Morgan fingerprint density at radius 1 is 1.80 bits per heavy atom. The Hall–Kier alpha value is -0.203. The van der Waals surface area contributed by atoms with Gasteiger partial charge in [-0.05, 0) is 0 Å². The Labute approximate surface area is 40.1 Å². The van der Waals surface area contributed by atoms with E-state index in [0.717, 1.165) is 0 Å². The van der Waals surface area contributed by atoms with Gasteiger partial charge in [-0.3, -0.25) is 0 Å². The predicted octanol–water partition coefficient (Wildman–Crippen LogP) is -3.34. The summed E-state index contributed by atoms with van der Waals surface area (Å²) in [6.45, 7) is 0. The van der Waals surface area contributed by atoms with E-state index in [4.69, 9.17) is 15.3 Å². The minimum absolute atomic E-state index is 0. The van der Waals surface area contributed by atoms with Crippen molar-refractivity contribution in [3.63, 3.8) is 0 Å². The van der Waals surface area contributed by atoms with E-state index in [-0.39, 0.29) is 18.9 Å². The van der Waals surface area contributed by atoms with Crippen LogP contribution in [0.25, 0.3) is 0 Å². The molecule has 0 aromatic carbocycles. The summed E-state index contributed by atoms with van der Waals surface area (Å²) in [5, 5.41) is 13.6. The quantitative estimate of drug-likeness (QED) is 0.184. The van der Waals surface area contributed by atoms with Gasteiger partial charge in [-0.2, -0.15) is 0 Å². The third-order valence-corrected chi connectivity index (χ3v) is 0. The van der Waals surface area contributed by atoms with E-state index in [1.54, 1.807) is 0 Å². The second-order valence-corrected chi connectivity index (χ2v) is 0.238. The van der Waals surface area contributed by atoms with Gasteiger partial charge in [-0.25, -0.2) is 0 Å². The van der Waals surface area contributed by atoms with Gasteiger partial charge in [-0.1, -0.05) is 0 Å². The summed E-state index contributed by atoms with van der Waals surface area (Å²) in [6, 6.07) is 0. The van der Waals surface area contributed by atoms with Gasteiger partial charge < -0.3 is 5.21 Å². The molecule has 0 aromatic heterocycles. The number of rotatable bonds is 0. The van der Waals surface area contributed by atoms with Gasteiger partial charge in [0.15, 0.2) is 0 Å². The van der Waals surface area contributed by atoms with Crippen LogP contribution in [0.5, 0.6) is 0 Å². The molecule has 0 bridgehead atoms. The molecule has 0 radical (unpaired) electrons. The van der Waals surface area contributed by atoms with Crippen molar-refractivity contribution in [2.75, 3.05) is 0 Å². The molecule has 0 heterocycles. The van der Waals surface area contributed by atoms with Crippen LogP contribution in [0, 0.1) is 10.1 Å². The molecule has 0 aliphatic carbocycles. The summed E-state index contributed by atoms with van der Waals surface area (Å²) in [5.74, 6) is 0. The molecule has 0 fully saturated rings. The largest absolute Gasteiger partial charge is 1.00 e. The zero-order valence-electron chi connectivity index (χ0n) is 2.71. The van der Waals surface area contributed by atoms with Gasteiger partial charge in [0, 0.05) is 0 Å². The van der Waals surface area contributed by atoms with Crippen LogP contribution in [-0.2, 0) is 0 Å². The molecule has 5 heteroatoms. The van der Waals surface area contributed by atoms with Crippen LogP contribution in [0.3, 0.4) is 0 Å². The van der Waals surface area contributed by atoms with Gasteiger partial charge in [0.25, 0.3) is 5.09 Å². The monoisotopic (exact) mass is 70.0 g/mol. The summed E-state index contributed by atoms with van der Waals surface area (Å²) >= 11 is 0. The molecule has 0 saturated carbocycles. The Morgan fingerprint density at radius 2 is 1.80 bits per heavy atom. The fourth-order valence-electron chi connectivity index (χ4n) is 0. The molecule has 24 valence electrons. The zero-order chi connectivity index (χ0) is 3.58. The Bertz CT molecular complexity index is 29.9. The molecule has 0 aromatic rings. The molecule has 0 spiro atoms. The first-order valence-electron chi connectivity index (χ1n) is 0.565. The van der Waals surface area contributed by atoms with Gasteiger partial charge in [0.2, 0.25) is 0 Å². The maximum Gasteiger partial charge on any atom is 1.00 e. The second-order valence-electron chi connectivity index (χ2n) is 0.238. The third-order valence-electron chi connectivity index (χ3n) is 0. The topological polar surface area (TPSA) is 63.4 Å². The van der Waals surface area contributed by atoms with Crippen molar-refractivity contribution in [2.24, 2.45) is 0 Å². The minimum Gasteiger partial charge on any atom is -0.328 e. The average molecular weight is 70.0 g/mol. The van der Waals surface area contributed by atoms with Crippen molar-refractivity contribution in [3.8, 4) is 0 Å². The van der Waals surface area contributed by atoms with E-state index >= 15 is 0 Å². The fourth-order valence-corrected chi connectivity index (χ4v) is 0. The maximum absolute atomic E-state index is 8.36. The predicted molar refractivity (Wildman–Crippen MR) is 8.78 cm³/mol. The maximum atomic E-state index is 8.36. The molecule has 4 nitrogen and oxygen atoms in total. The molecular formula is HLiNO3+. The van der Waals surface area contributed by atoms with Crippen LogP contribution < -0.4 is 18.9 Å². The van der Waals surface area contributed by atoms with Crippen LogP contribution in [0.2, 0.25) is 0 Å². The van der Waals surface area contributed by atoms with Crippen LogP contribution in [-0.4, -0.2) is 10.3 Å². The number of nitrogens with zero attached hydrogens (tertiary/aromatic N) is 1. The van der Waals surface area contributed by atoms with Crippen molar-refractivity contribution in [1.29, 1.82) is 0 Å². The van der Waals surface area contributed by atoms with E-state index in [0.29, 0.717) is 0 Å². The molecule has 0 rings (SSSR count). The summed E-state index contributed by atoms with van der Waals surface area (Å²) in [5.41, 5.74) is 0. The number of hydrogen-bond donors (Lipinski definition) is 1. The SMILES string of the molecule is O=[N+]([O-])O.[Li+]. The van der Waals surface area contributed by atoms with E-state index in [1.165, 1.54) is 0 Å². The van der Waals surface area contributed by atoms with Gasteiger partial charge >= 0.3 is 18.9 Å². The van der Waals surface area contributed by atoms with E-state index in [1.807, 2.05) is 0 Å². The zero-order valence-corrected chi connectivity index (χ0v) is 2.71. The van der Waals surface area contributed by atoms with Crippen LogP contribution in [0.1, 0.15) is 0 Å². The van der Waals surface area contributed by atoms with E-state index < -0.39 is 5.09 Å². The molecule has 5 heavy (non-hydrogen) atoms. The second kappa shape index (κ2) is 3.80. The first-order chi connectivity index (χ1) is 1.73. The number of hydrogen-bond acceptors (Lipinski definition) is 2. The van der Waals surface area contributed by atoms with Crippen molar-refractivity contribution in [1.82, 2.24) is 0 Å². The van der Waals surface area contributed by atoms with Crippen LogP contribution in [0.4, 0.5) is 0 Å². The standard InChI is InChI=1S/Li.HNO3/c;2-1(3)4/h;(H,2,3,4)/q+1;. The van der Waals surface area contributed by atoms with Crippen molar-refractivity contribution >= 4 is 0 Å². The van der Waals surface area contributed by atoms with Crippen LogP contribution in [0.15, 0.2) is 0 Å². The first-order valence-corrected chi connectivity index (χ1v) is 0.565. The molecule has 1 N–H and O–H groups in total. The Morgan fingerprint density at radius 3 is 1.80 bits per heavy atom. The van der Waals surface area contributed by atoms with Crippen molar-refractivity contribution in [2.45, 2.75) is 0 Å². The summed E-state index contributed by atoms with van der Waals surface area (Å²) in [7, 11) is 0. The minimum atomic E-state index is -1.50. The Balaban J connectivity index is 0. The van der Waals surface area contributed by atoms with Gasteiger partial charge in [-0.15, -0.1) is 10.1 Å². The molecular weight excluding hydrogens is 68.9 g/mol. The Kier molecular flexibility index (Phi) is 6.71. The molecule has 0 aliphatic heterocycles. The van der Waals surface area contributed by atoms with E-state index in [2.05, 4.69) is 0 Å². The summed E-state index contributed by atoms with van der Waals surface area (Å²) < 4.78 is 0. The smallest absolute Gasteiger partial charge is 0.328 e. The average Bonchev–Trinajstić information content (AvgIpc) is 0.811. The summed E-state index contributed by atoms with van der Waals surface area (Å²) in [4.78, 5) is 8.36. The van der Waals surface area contributed by atoms with Gasteiger partial charge in [0.1, 0.15) is 0 Å². The van der Waals surface area contributed by atoms with Gasteiger partial charge in [0.05, 0.1) is 0 Å². The molecule has 0 unspecified atom stereocenters. The van der Waals surface area contributed by atoms with Crippen molar-refractivity contribution in [3.05, 3.63) is 10.1 Å². The molecule has 0 amide bonds. The van der Waals surface area contributed by atoms with Crippen molar-refractivity contribution < 1.29 is 29.2 Å². The molecule has 0 atom stereocenters. The fraction of sp³-hybridized carbons (Fsp3) is 0. The van der Waals surface area contributed by atoms with Crippen LogP contribution >= 0.6 is 0 Å². The normalized spacial score (nSPS) is 4.80. The third kappa shape index (κ3) is 299. The summed E-state index contributed by atoms with van der Waals surface area (Å²) in [6.07, 6.45) is 0. The van der Waals surface area contributed by atoms with E-state index in [9.17, 15) is 0 Å². The first kappa shape index (κ1) is 8.84. The molecule has 0 aliphatic rings. The molecule has 0 saturated heterocycles.